The second-order valence-corrected chi connectivity index (χ2v) is 9.15. The van der Waals surface area contributed by atoms with E-state index < -0.39 is 0 Å². The molecule has 1 fully saturated rings. The second kappa shape index (κ2) is 12.2. The van der Waals surface area contributed by atoms with Crippen LogP contribution >= 0.6 is 11.6 Å². The third kappa shape index (κ3) is 6.85. The molecule has 1 saturated heterocycles. The number of nitrogens with one attached hydrogen (secondary N) is 1. The molecule has 0 atom stereocenters. The normalized spacial score (nSPS) is 14.0. The van der Waals surface area contributed by atoms with Gasteiger partial charge in [-0.25, -0.2) is 14.4 Å². The summed E-state index contributed by atoms with van der Waals surface area (Å²) in [5.74, 6) is 1.63. The molecule has 1 aliphatic heterocycles. The summed E-state index contributed by atoms with van der Waals surface area (Å²) < 4.78 is 30.6. The largest absolute Gasteiger partial charge is 0.494 e. The van der Waals surface area contributed by atoms with Crippen LogP contribution in [0.2, 0.25) is 5.02 Å². The minimum Gasteiger partial charge on any atom is -0.494 e. The Morgan fingerprint density at radius 2 is 1.89 bits per heavy atom. The number of benzene rings is 3. The lowest BCUT2D eigenvalue weighted by Crippen LogP contribution is -2.37. The summed E-state index contributed by atoms with van der Waals surface area (Å²) in [5, 5.41) is 4.60. The van der Waals surface area contributed by atoms with Crippen LogP contribution in [-0.2, 0) is 11.3 Å². The van der Waals surface area contributed by atoms with Gasteiger partial charge in [0.15, 0.2) is 0 Å². The van der Waals surface area contributed by atoms with Gasteiger partial charge in [0.05, 0.1) is 30.4 Å². The quantitative estimate of drug-likeness (QED) is 0.262. The first-order chi connectivity index (χ1) is 18.1. The standard InChI is InChI=1S/C28H28ClFN4O3/c29-25-16-22(5-8-27(25)37-18-20-3-1-4-21(30)15-20)33-28-24-17-23(6-7-26(24)31-19-32-28)36-12-2-9-34-10-13-35-14-11-34/h1,3-8,15-17,19H,2,9-14,18H2,(H,31,32,33). The number of halogens is 2. The zero-order valence-electron chi connectivity index (χ0n) is 20.3. The molecule has 1 aliphatic rings. The summed E-state index contributed by atoms with van der Waals surface area (Å²) in [6, 6.07) is 17.5. The Labute approximate surface area is 220 Å². The number of nitrogens with zero attached hydrogens (tertiary/aromatic N) is 3. The lowest BCUT2D eigenvalue weighted by Gasteiger charge is -2.26. The van der Waals surface area contributed by atoms with Crippen LogP contribution < -0.4 is 14.8 Å². The number of rotatable bonds is 10. The maximum Gasteiger partial charge on any atom is 0.141 e. The molecule has 2 heterocycles. The maximum absolute atomic E-state index is 13.4. The molecule has 5 rings (SSSR count). The number of aromatic nitrogens is 2. The van der Waals surface area contributed by atoms with Crippen molar-refractivity contribution in [3.05, 3.63) is 83.4 Å². The van der Waals surface area contributed by atoms with Gasteiger partial charge in [0, 0.05) is 30.7 Å². The molecule has 37 heavy (non-hydrogen) atoms. The summed E-state index contributed by atoms with van der Waals surface area (Å²) in [7, 11) is 0. The molecule has 7 nitrogen and oxygen atoms in total. The molecule has 3 aromatic carbocycles. The van der Waals surface area contributed by atoms with Crippen LogP contribution in [0.15, 0.2) is 67.0 Å². The minimum atomic E-state index is -0.301. The molecule has 192 valence electrons. The van der Waals surface area contributed by atoms with E-state index in [0.29, 0.717) is 23.2 Å². The lowest BCUT2D eigenvalue weighted by atomic mass is 10.2. The Bertz CT molecular complexity index is 1350. The first-order valence-electron chi connectivity index (χ1n) is 12.3. The van der Waals surface area contributed by atoms with Crippen LogP contribution in [-0.4, -0.2) is 54.3 Å². The predicted octanol–water partition coefficient (Wildman–Crippen LogP) is 5.85. The zero-order valence-corrected chi connectivity index (χ0v) is 21.1. The summed E-state index contributed by atoms with van der Waals surface area (Å²) in [6.07, 6.45) is 2.46. The van der Waals surface area contributed by atoms with E-state index >= 15 is 0 Å². The van der Waals surface area contributed by atoms with Crippen molar-refractivity contribution in [2.24, 2.45) is 0 Å². The van der Waals surface area contributed by atoms with Crippen LogP contribution in [0.1, 0.15) is 12.0 Å². The molecule has 0 spiro atoms. The highest BCUT2D eigenvalue weighted by molar-refractivity contribution is 6.32. The van der Waals surface area contributed by atoms with Gasteiger partial charge < -0.3 is 19.5 Å². The summed E-state index contributed by atoms with van der Waals surface area (Å²) in [6.45, 7) is 5.41. The first-order valence-corrected chi connectivity index (χ1v) is 12.6. The molecule has 4 aromatic rings. The number of ether oxygens (including phenoxy) is 3. The highest BCUT2D eigenvalue weighted by Crippen LogP contribution is 2.32. The molecule has 0 radical (unpaired) electrons. The van der Waals surface area contributed by atoms with Gasteiger partial charge in [-0.2, -0.15) is 0 Å². The van der Waals surface area contributed by atoms with Gasteiger partial charge in [0.25, 0.3) is 0 Å². The number of hydrogen-bond donors (Lipinski definition) is 1. The van der Waals surface area contributed by atoms with Crippen molar-refractivity contribution >= 4 is 34.0 Å². The predicted molar refractivity (Wildman–Crippen MR) is 142 cm³/mol. The van der Waals surface area contributed by atoms with E-state index in [4.69, 9.17) is 25.8 Å². The van der Waals surface area contributed by atoms with Crippen molar-refractivity contribution in [1.29, 1.82) is 0 Å². The smallest absolute Gasteiger partial charge is 0.141 e. The fourth-order valence-electron chi connectivity index (χ4n) is 4.15. The van der Waals surface area contributed by atoms with E-state index in [2.05, 4.69) is 20.2 Å². The van der Waals surface area contributed by atoms with Crippen molar-refractivity contribution in [3.63, 3.8) is 0 Å². The SMILES string of the molecule is Fc1cccc(COc2ccc(Nc3ncnc4ccc(OCCCN5CCOCC5)cc34)cc2Cl)c1. The van der Waals surface area contributed by atoms with E-state index in [9.17, 15) is 4.39 Å². The third-order valence-electron chi connectivity index (χ3n) is 6.08. The number of anilines is 2. The van der Waals surface area contributed by atoms with Crippen LogP contribution in [0.4, 0.5) is 15.9 Å². The minimum absolute atomic E-state index is 0.218. The second-order valence-electron chi connectivity index (χ2n) is 8.75. The van der Waals surface area contributed by atoms with Crippen molar-refractivity contribution in [3.8, 4) is 11.5 Å². The van der Waals surface area contributed by atoms with Gasteiger partial charge >= 0.3 is 0 Å². The van der Waals surface area contributed by atoms with Gasteiger partial charge in [-0.3, -0.25) is 4.90 Å². The van der Waals surface area contributed by atoms with Gasteiger partial charge in [-0.1, -0.05) is 23.7 Å². The highest BCUT2D eigenvalue weighted by atomic mass is 35.5. The van der Waals surface area contributed by atoms with Crippen molar-refractivity contribution < 1.29 is 18.6 Å². The Hall–Kier alpha value is -3.46. The van der Waals surface area contributed by atoms with E-state index in [1.807, 2.05) is 24.3 Å². The first kappa shape index (κ1) is 25.2. The van der Waals surface area contributed by atoms with Crippen LogP contribution in [0.25, 0.3) is 10.9 Å². The molecule has 0 bridgehead atoms. The molecule has 1 N–H and O–H groups in total. The zero-order chi connectivity index (χ0) is 25.5. The monoisotopic (exact) mass is 522 g/mol. The molecule has 0 amide bonds. The Balaban J connectivity index is 1.22. The van der Waals surface area contributed by atoms with Gasteiger partial charge in [-0.05, 0) is 60.5 Å². The third-order valence-corrected chi connectivity index (χ3v) is 6.37. The van der Waals surface area contributed by atoms with Crippen molar-refractivity contribution in [2.45, 2.75) is 13.0 Å². The van der Waals surface area contributed by atoms with E-state index in [1.54, 1.807) is 24.3 Å². The van der Waals surface area contributed by atoms with Crippen LogP contribution in [0, 0.1) is 5.82 Å². The molecule has 1 aromatic heterocycles. The lowest BCUT2D eigenvalue weighted by molar-refractivity contribution is 0.0358. The topological polar surface area (TPSA) is 68.7 Å². The fraction of sp³-hybridized carbons (Fsp3) is 0.286. The molecular formula is C28H28ClFN4O3. The Morgan fingerprint density at radius 3 is 2.73 bits per heavy atom. The summed E-state index contributed by atoms with van der Waals surface area (Å²) in [5.41, 5.74) is 2.28. The Morgan fingerprint density at radius 1 is 1.00 bits per heavy atom. The molecule has 0 unspecified atom stereocenters. The van der Waals surface area contributed by atoms with Crippen molar-refractivity contribution in [2.75, 3.05) is 44.8 Å². The summed E-state index contributed by atoms with van der Waals surface area (Å²) >= 11 is 6.46. The maximum atomic E-state index is 13.4. The molecular weight excluding hydrogens is 495 g/mol. The van der Waals surface area contributed by atoms with Gasteiger partial charge in [-0.15, -0.1) is 0 Å². The van der Waals surface area contributed by atoms with Gasteiger partial charge in [0.2, 0.25) is 0 Å². The molecule has 0 aliphatic carbocycles. The van der Waals surface area contributed by atoms with E-state index in [0.717, 1.165) is 67.2 Å². The fourth-order valence-corrected chi connectivity index (χ4v) is 4.38. The number of morpholine rings is 1. The number of hydrogen-bond acceptors (Lipinski definition) is 7. The molecule has 0 saturated carbocycles. The Kier molecular flexibility index (Phi) is 8.30. The van der Waals surface area contributed by atoms with E-state index in [-0.39, 0.29) is 12.4 Å². The van der Waals surface area contributed by atoms with Crippen LogP contribution in [0.3, 0.4) is 0 Å². The summed E-state index contributed by atoms with van der Waals surface area (Å²) in [4.78, 5) is 11.2. The highest BCUT2D eigenvalue weighted by Gasteiger charge is 2.11. The average Bonchev–Trinajstić information content (AvgIpc) is 2.92. The van der Waals surface area contributed by atoms with Gasteiger partial charge in [0.1, 0.15) is 36.1 Å². The molecule has 9 heteroatoms. The van der Waals surface area contributed by atoms with E-state index in [1.165, 1.54) is 18.5 Å². The average molecular weight is 523 g/mol. The van der Waals surface area contributed by atoms with Crippen molar-refractivity contribution in [1.82, 2.24) is 14.9 Å². The van der Waals surface area contributed by atoms with Crippen LogP contribution in [0.5, 0.6) is 11.5 Å². The number of fused-ring (bicyclic) bond motifs is 1.